The van der Waals surface area contributed by atoms with E-state index in [1.807, 2.05) is 12.1 Å². The molecule has 1 atom stereocenters. The van der Waals surface area contributed by atoms with Crippen molar-refractivity contribution in [1.29, 1.82) is 0 Å². The molecule has 4 nitrogen and oxygen atoms in total. The predicted molar refractivity (Wildman–Crippen MR) is 62.4 cm³/mol. The molecule has 0 bridgehead atoms. The Kier molecular flexibility index (Phi) is 3.38. The number of hydrogen-bond donors (Lipinski definition) is 1. The van der Waals surface area contributed by atoms with Gasteiger partial charge in [0.15, 0.2) is 5.78 Å². The van der Waals surface area contributed by atoms with Crippen molar-refractivity contribution in [2.24, 2.45) is 5.73 Å². The number of carbonyl (C=O) groups is 1. The van der Waals surface area contributed by atoms with Crippen LogP contribution in [-0.2, 0) is 6.42 Å². The molecule has 1 unspecified atom stereocenters. The average Bonchev–Trinajstić information content (AvgIpc) is 2.83. The standard InChI is InChI=1S/C11H11N3OS/c12-9(4-8-2-1-3-13-5-8)11(15)10-6-16-7-14-10/h1-3,5-7,9H,4,12H2. The van der Waals surface area contributed by atoms with E-state index in [9.17, 15) is 4.79 Å². The highest BCUT2D eigenvalue weighted by molar-refractivity contribution is 7.07. The number of ketones is 1. The van der Waals surface area contributed by atoms with Crippen molar-refractivity contribution in [1.82, 2.24) is 9.97 Å². The molecule has 0 aliphatic rings. The number of rotatable bonds is 4. The molecule has 2 N–H and O–H groups in total. The van der Waals surface area contributed by atoms with Crippen LogP contribution in [-0.4, -0.2) is 21.8 Å². The van der Waals surface area contributed by atoms with Crippen molar-refractivity contribution in [3.8, 4) is 0 Å². The molecule has 5 heteroatoms. The minimum Gasteiger partial charge on any atom is -0.321 e. The van der Waals surface area contributed by atoms with Crippen LogP contribution in [0.15, 0.2) is 35.4 Å². The number of Topliss-reactive ketones (excluding diaryl/α,β-unsaturated/α-hetero) is 1. The lowest BCUT2D eigenvalue weighted by Gasteiger charge is -2.08. The van der Waals surface area contributed by atoms with Gasteiger partial charge < -0.3 is 5.73 Å². The van der Waals surface area contributed by atoms with Gasteiger partial charge in [0.25, 0.3) is 0 Å². The van der Waals surface area contributed by atoms with Crippen molar-refractivity contribution in [3.63, 3.8) is 0 Å². The van der Waals surface area contributed by atoms with Gasteiger partial charge >= 0.3 is 0 Å². The first-order valence-electron chi connectivity index (χ1n) is 4.84. The third-order valence-electron chi connectivity index (χ3n) is 2.20. The first-order valence-corrected chi connectivity index (χ1v) is 5.78. The zero-order chi connectivity index (χ0) is 11.4. The molecule has 0 saturated heterocycles. The molecule has 0 saturated carbocycles. The summed E-state index contributed by atoms with van der Waals surface area (Å²) in [5, 5.41) is 1.71. The van der Waals surface area contributed by atoms with E-state index in [-0.39, 0.29) is 5.78 Å². The van der Waals surface area contributed by atoms with Crippen molar-refractivity contribution >= 4 is 17.1 Å². The van der Waals surface area contributed by atoms with Crippen LogP contribution in [0.2, 0.25) is 0 Å². The van der Waals surface area contributed by atoms with E-state index in [4.69, 9.17) is 5.73 Å². The SMILES string of the molecule is NC(Cc1cccnc1)C(=O)c1cscn1. The van der Waals surface area contributed by atoms with Gasteiger partial charge in [-0.15, -0.1) is 11.3 Å². The minimum absolute atomic E-state index is 0.120. The lowest BCUT2D eigenvalue weighted by atomic mass is 10.0. The van der Waals surface area contributed by atoms with E-state index in [2.05, 4.69) is 9.97 Å². The molecule has 0 aromatic carbocycles. The van der Waals surface area contributed by atoms with Crippen LogP contribution in [0.3, 0.4) is 0 Å². The first kappa shape index (κ1) is 10.9. The second kappa shape index (κ2) is 4.96. The Morgan fingerprint density at radius 2 is 2.44 bits per heavy atom. The maximum atomic E-state index is 11.8. The predicted octanol–water partition coefficient (Wildman–Crippen LogP) is 1.29. The van der Waals surface area contributed by atoms with Crippen molar-refractivity contribution in [2.75, 3.05) is 0 Å². The van der Waals surface area contributed by atoms with Crippen LogP contribution in [0.1, 0.15) is 16.1 Å². The lowest BCUT2D eigenvalue weighted by molar-refractivity contribution is 0.0956. The van der Waals surface area contributed by atoms with Gasteiger partial charge in [-0.1, -0.05) is 6.07 Å². The van der Waals surface area contributed by atoms with Gasteiger partial charge in [0.1, 0.15) is 5.69 Å². The van der Waals surface area contributed by atoms with Crippen molar-refractivity contribution in [3.05, 3.63) is 46.7 Å². The van der Waals surface area contributed by atoms with Crippen LogP contribution >= 0.6 is 11.3 Å². The molecule has 2 aromatic heterocycles. The van der Waals surface area contributed by atoms with E-state index >= 15 is 0 Å². The molecule has 0 spiro atoms. The molecule has 0 radical (unpaired) electrons. The maximum Gasteiger partial charge on any atom is 0.198 e. The fourth-order valence-corrected chi connectivity index (χ4v) is 1.93. The number of pyridine rings is 1. The van der Waals surface area contributed by atoms with E-state index in [1.54, 1.807) is 23.3 Å². The first-order chi connectivity index (χ1) is 7.77. The highest BCUT2D eigenvalue weighted by Gasteiger charge is 2.17. The molecule has 2 heterocycles. The molecular formula is C11H11N3OS. The van der Waals surface area contributed by atoms with Gasteiger partial charge in [-0.3, -0.25) is 9.78 Å². The van der Waals surface area contributed by atoms with Crippen molar-refractivity contribution in [2.45, 2.75) is 12.5 Å². The summed E-state index contributed by atoms with van der Waals surface area (Å²) in [5.41, 5.74) is 8.86. The van der Waals surface area contributed by atoms with E-state index < -0.39 is 6.04 Å². The average molecular weight is 233 g/mol. The number of carbonyl (C=O) groups excluding carboxylic acids is 1. The minimum atomic E-state index is -0.550. The summed E-state index contributed by atoms with van der Waals surface area (Å²) < 4.78 is 0. The second-order valence-electron chi connectivity index (χ2n) is 3.41. The molecule has 16 heavy (non-hydrogen) atoms. The van der Waals surface area contributed by atoms with E-state index in [0.717, 1.165) is 5.56 Å². The molecule has 0 aliphatic heterocycles. The van der Waals surface area contributed by atoms with Gasteiger partial charge in [0, 0.05) is 17.8 Å². The zero-order valence-corrected chi connectivity index (χ0v) is 9.35. The monoisotopic (exact) mass is 233 g/mol. The van der Waals surface area contributed by atoms with Crippen LogP contribution in [0, 0.1) is 0 Å². The highest BCUT2D eigenvalue weighted by atomic mass is 32.1. The normalized spacial score (nSPS) is 12.3. The van der Waals surface area contributed by atoms with Crippen LogP contribution in [0.4, 0.5) is 0 Å². The van der Waals surface area contributed by atoms with Gasteiger partial charge in [-0.2, -0.15) is 0 Å². The summed E-state index contributed by atoms with van der Waals surface area (Å²) in [6.45, 7) is 0. The maximum absolute atomic E-state index is 11.8. The fraction of sp³-hybridized carbons (Fsp3) is 0.182. The third kappa shape index (κ3) is 2.50. The Morgan fingerprint density at radius 1 is 1.56 bits per heavy atom. The number of nitrogens with two attached hydrogens (primary N) is 1. The van der Waals surface area contributed by atoms with Gasteiger partial charge in [-0.25, -0.2) is 4.98 Å². The Morgan fingerprint density at radius 3 is 3.06 bits per heavy atom. The Labute approximate surface area is 97.2 Å². The zero-order valence-electron chi connectivity index (χ0n) is 8.54. The Balaban J connectivity index is 2.04. The van der Waals surface area contributed by atoms with Crippen LogP contribution in [0.5, 0.6) is 0 Å². The quantitative estimate of drug-likeness (QED) is 0.808. The molecular weight excluding hydrogens is 222 g/mol. The summed E-state index contributed by atoms with van der Waals surface area (Å²) in [5.74, 6) is -0.120. The smallest absolute Gasteiger partial charge is 0.198 e. The van der Waals surface area contributed by atoms with Gasteiger partial charge in [0.05, 0.1) is 11.6 Å². The van der Waals surface area contributed by atoms with E-state index in [1.165, 1.54) is 11.3 Å². The largest absolute Gasteiger partial charge is 0.321 e. The van der Waals surface area contributed by atoms with Gasteiger partial charge in [-0.05, 0) is 18.1 Å². The van der Waals surface area contributed by atoms with E-state index in [0.29, 0.717) is 12.1 Å². The number of aromatic nitrogens is 2. The summed E-state index contributed by atoms with van der Waals surface area (Å²) in [6.07, 6.45) is 3.90. The highest BCUT2D eigenvalue weighted by Crippen LogP contribution is 2.07. The number of nitrogens with zero attached hydrogens (tertiary/aromatic N) is 2. The summed E-state index contributed by atoms with van der Waals surface area (Å²) >= 11 is 1.39. The molecule has 0 amide bonds. The summed E-state index contributed by atoms with van der Waals surface area (Å²) in [6, 6.07) is 3.18. The Bertz CT molecular complexity index is 455. The Hall–Kier alpha value is -1.59. The summed E-state index contributed by atoms with van der Waals surface area (Å²) in [4.78, 5) is 19.7. The van der Waals surface area contributed by atoms with Crippen LogP contribution < -0.4 is 5.73 Å². The lowest BCUT2D eigenvalue weighted by Crippen LogP contribution is -2.32. The number of hydrogen-bond acceptors (Lipinski definition) is 5. The summed E-state index contributed by atoms with van der Waals surface area (Å²) in [7, 11) is 0. The number of thiazole rings is 1. The third-order valence-corrected chi connectivity index (χ3v) is 2.79. The topological polar surface area (TPSA) is 68.9 Å². The molecule has 82 valence electrons. The van der Waals surface area contributed by atoms with Gasteiger partial charge in [0.2, 0.25) is 0 Å². The molecule has 0 aliphatic carbocycles. The molecule has 2 aromatic rings. The van der Waals surface area contributed by atoms with Crippen LogP contribution in [0.25, 0.3) is 0 Å². The second-order valence-corrected chi connectivity index (χ2v) is 4.13. The fourth-order valence-electron chi connectivity index (χ4n) is 1.39. The molecule has 2 rings (SSSR count). The molecule has 0 fully saturated rings. The van der Waals surface area contributed by atoms with Crippen molar-refractivity contribution < 1.29 is 4.79 Å².